The van der Waals surface area contributed by atoms with Gasteiger partial charge in [0.15, 0.2) is 11.2 Å². The molecular formula is C30H37N3O5S. The lowest BCUT2D eigenvalue weighted by Crippen LogP contribution is -2.34. The number of nitrogens with one attached hydrogen (secondary N) is 1. The number of hydrogen-bond donors (Lipinski definition) is 2. The second-order valence-corrected chi connectivity index (χ2v) is 11.3. The Balaban J connectivity index is 0.00000172. The Hall–Kier alpha value is -3.43. The summed E-state index contributed by atoms with van der Waals surface area (Å²) in [6, 6.07) is 11.3. The molecule has 2 heterocycles. The molecule has 1 aliphatic carbocycles. The van der Waals surface area contributed by atoms with E-state index in [-0.39, 0.29) is 12.1 Å². The minimum Gasteiger partial charge on any atom is -0.497 e. The number of aromatic nitrogens is 1. The minimum atomic E-state index is -1.66. The van der Waals surface area contributed by atoms with Gasteiger partial charge in [0.25, 0.3) is 5.91 Å². The van der Waals surface area contributed by atoms with Gasteiger partial charge in [-0.25, -0.2) is 13.3 Å². The van der Waals surface area contributed by atoms with Crippen LogP contribution in [-0.2, 0) is 22.5 Å². The minimum absolute atomic E-state index is 0.166. The van der Waals surface area contributed by atoms with Gasteiger partial charge in [-0.15, -0.1) is 0 Å². The molecule has 2 aromatic carbocycles. The number of amides is 1. The Morgan fingerprint density at radius 1 is 1.08 bits per heavy atom. The molecule has 0 radical (unpaired) electrons. The topological polar surface area (TPSA) is 101 Å². The van der Waals surface area contributed by atoms with Crippen LogP contribution >= 0.6 is 0 Å². The molecule has 1 unspecified atom stereocenters. The number of carbonyl (C=O) groups is 2. The summed E-state index contributed by atoms with van der Waals surface area (Å²) in [4.78, 5) is 25.2. The largest absolute Gasteiger partial charge is 0.497 e. The number of fused-ring (bicyclic) bond motifs is 5. The number of carboxylic acid groups (broad SMARTS) is 1. The van der Waals surface area contributed by atoms with E-state index in [1.54, 1.807) is 39.4 Å². The standard InChI is InChI=1S/C28H31N3O5S.C2H6/c1-30(2)37(35)29-27(32)18-9-11-23-24(15-18)31-16-20(28(33)34)13-19-14-21(36-3)10-12-22(19)26(31)25(23)17-7-5-4-6-8-17;1-2/h9-15,17H,4-8,16H2,1-3H3,(H,29,32)(H,33,34);1-2H3. The van der Waals surface area contributed by atoms with E-state index in [1.165, 1.54) is 16.3 Å². The number of carboxylic acids is 1. The van der Waals surface area contributed by atoms with E-state index < -0.39 is 23.0 Å². The molecule has 2 N–H and O–H groups in total. The van der Waals surface area contributed by atoms with Crippen LogP contribution in [0.2, 0.25) is 0 Å². The van der Waals surface area contributed by atoms with Crippen molar-refractivity contribution < 1.29 is 23.6 Å². The maximum atomic E-state index is 12.9. The first-order valence-corrected chi connectivity index (χ1v) is 14.6. The molecular weight excluding hydrogens is 514 g/mol. The third-order valence-electron chi connectivity index (χ3n) is 7.34. The van der Waals surface area contributed by atoms with Gasteiger partial charge in [0, 0.05) is 36.1 Å². The zero-order valence-electron chi connectivity index (χ0n) is 23.2. The van der Waals surface area contributed by atoms with Gasteiger partial charge < -0.3 is 14.4 Å². The van der Waals surface area contributed by atoms with Crippen molar-refractivity contribution in [3.8, 4) is 17.0 Å². The number of hydrogen-bond acceptors (Lipinski definition) is 4. The first kappa shape index (κ1) is 28.6. The van der Waals surface area contributed by atoms with Gasteiger partial charge in [0.2, 0.25) is 0 Å². The summed E-state index contributed by atoms with van der Waals surface area (Å²) in [6.45, 7) is 4.17. The van der Waals surface area contributed by atoms with Crippen molar-refractivity contribution in [1.82, 2.24) is 13.6 Å². The average Bonchev–Trinajstić information content (AvgIpc) is 3.16. The molecule has 208 valence electrons. The number of methoxy groups -OCH3 is 1. The maximum absolute atomic E-state index is 12.9. The number of aliphatic carboxylic acids is 1. The van der Waals surface area contributed by atoms with Crippen LogP contribution in [0.1, 0.15) is 73.4 Å². The van der Waals surface area contributed by atoms with Crippen LogP contribution in [0.3, 0.4) is 0 Å². The monoisotopic (exact) mass is 551 g/mol. The number of nitrogens with zero attached hydrogens (tertiary/aromatic N) is 2. The number of carbonyl (C=O) groups excluding carboxylic acids is 1. The summed E-state index contributed by atoms with van der Waals surface area (Å²) in [5.41, 5.74) is 5.39. The lowest BCUT2D eigenvalue weighted by Gasteiger charge is -2.24. The highest BCUT2D eigenvalue weighted by atomic mass is 32.2. The third kappa shape index (κ3) is 5.65. The van der Waals surface area contributed by atoms with Crippen molar-refractivity contribution in [2.45, 2.75) is 58.4 Å². The van der Waals surface area contributed by atoms with Crippen molar-refractivity contribution in [1.29, 1.82) is 0 Å². The number of rotatable bonds is 6. The normalized spacial score (nSPS) is 15.8. The molecule has 9 heteroatoms. The van der Waals surface area contributed by atoms with Gasteiger partial charge in [-0.05, 0) is 66.3 Å². The Bertz CT molecular complexity index is 1450. The molecule has 3 aromatic rings. The summed E-state index contributed by atoms with van der Waals surface area (Å²) in [7, 11) is 4.84. The molecule has 1 atom stereocenters. The van der Waals surface area contributed by atoms with Crippen molar-refractivity contribution in [3.63, 3.8) is 0 Å². The fourth-order valence-electron chi connectivity index (χ4n) is 5.54. The lowest BCUT2D eigenvalue weighted by atomic mass is 9.81. The van der Waals surface area contributed by atoms with Crippen LogP contribution in [0.5, 0.6) is 5.75 Å². The molecule has 1 saturated carbocycles. The Morgan fingerprint density at radius 3 is 2.44 bits per heavy atom. The summed E-state index contributed by atoms with van der Waals surface area (Å²) in [5.74, 6) is -0.430. The zero-order valence-corrected chi connectivity index (χ0v) is 24.1. The fraction of sp³-hybridized carbons (Fsp3) is 0.400. The van der Waals surface area contributed by atoms with E-state index in [9.17, 15) is 18.9 Å². The number of benzene rings is 2. The maximum Gasteiger partial charge on any atom is 0.333 e. The highest BCUT2D eigenvalue weighted by Crippen LogP contribution is 2.47. The van der Waals surface area contributed by atoms with Crippen molar-refractivity contribution in [3.05, 3.63) is 58.7 Å². The van der Waals surface area contributed by atoms with E-state index in [1.807, 2.05) is 42.7 Å². The van der Waals surface area contributed by atoms with Crippen LogP contribution < -0.4 is 9.46 Å². The quantitative estimate of drug-likeness (QED) is 0.407. The van der Waals surface area contributed by atoms with Gasteiger partial charge in [-0.2, -0.15) is 0 Å². The van der Waals surface area contributed by atoms with E-state index in [2.05, 4.69) is 4.72 Å². The average molecular weight is 552 g/mol. The second kappa shape index (κ2) is 12.2. The highest BCUT2D eigenvalue weighted by Gasteiger charge is 2.30. The summed E-state index contributed by atoms with van der Waals surface area (Å²) in [5, 5.41) is 11.1. The van der Waals surface area contributed by atoms with E-state index in [4.69, 9.17) is 4.74 Å². The predicted molar refractivity (Wildman–Crippen MR) is 156 cm³/mol. The van der Waals surface area contributed by atoms with Crippen molar-refractivity contribution >= 4 is 40.0 Å². The van der Waals surface area contributed by atoms with Crippen LogP contribution in [0.4, 0.5) is 0 Å². The molecule has 8 nitrogen and oxygen atoms in total. The van der Waals surface area contributed by atoms with Crippen LogP contribution in [0.15, 0.2) is 42.0 Å². The number of ether oxygens (including phenoxy) is 1. The molecule has 0 bridgehead atoms. The first-order chi connectivity index (χ1) is 18.8. The smallest absolute Gasteiger partial charge is 0.333 e. The Morgan fingerprint density at radius 2 is 1.79 bits per heavy atom. The van der Waals surface area contributed by atoms with Crippen molar-refractivity contribution in [2.24, 2.45) is 0 Å². The van der Waals surface area contributed by atoms with Crippen LogP contribution in [0, 0.1) is 0 Å². The van der Waals surface area contributed by atoms with Crippen LogP contribution in [0.25, 0.3) is 28.2 Å². The molecule has 1 aliphatic heterocycles. The van der Waals surface area contributed by atoms with Crippen LogP contribution in [-0.4, -0.2) is 51.3 Å². The zero-order chi connectivity index (χ0) is 28.3. The third-order valence-corrected chi connectivity index (χ3v) is 8.36. The molecule has 1 aromatic heterocycles. The highest BCUT2D eigenvalue weighted by molar-refractivity contribution is 7.81. The SMILES string of the molecule is CC.COc1ccc2c(c1)C=C(C(=O)O)Cn1c-2c(C2CCCCC2)c2ccc(C(=O)NS(=O)N(C)C)cc21. The van der Waals surface area contributed by atoms with Gasteiger partial charge in [0.05, 0.1) is 24.9 Å². The second-order valence-electron chi connectivity index (χ2n) is 9.84. The van der Waals surface area contributed by atoms with Gasteiger partial charge in [-0.3, -0.25) is 9.52 Å². The molecule has 1 fully saturated rings. The van der Waals surface area contributed by atoms with Gasteiger partial charge in [-0.1, -0.05) is 39.2 Å². The summed E-state index contributed by atoms with van der Waals surface area (Å²) >= 11 is -1.66. The van der Waals surface area contributed by atoms with E-state index >= 15 is 0 Å². The van der Waals surface area contributed by atoms with E-state index in [0.717, 1.165) is 53.4 Å². The first-order valence-electron chi connectivity index (χ1n) is 13.5. The van der Waals surface area contributed by atoms with Gasteiger partial charge in [0.1, 0.15) is 5.75 Å². The Labute approximate surface area is 232 Å². The predicted octanol–water partition coefficient (Wildman–Crippen LogP) is 5.74. The van der Waals surface area contributed by atoms with E-state index in [0.29, 0.717) is 17.2 Å². The Kier molecular flexibility index (Phi) is 8.92. The summed E-state index contributed by atoms with van der Waals surface area (Å²) in [6.07, 6.45) is 7.39. The lowest BCUT2D eigenvalue weighted by molar-refractivity contribution is -0.132. The molecule has 0 saturated heterocycles. The molecule has 2 aliphatic rings. The van der Waals surface area contributed by atoms with Gasteiger partial charge >= 0.3 is 5.97 Å². The molecule has 0 spiro atoms. The molecule has 5 rings (SSSR count). The summed E-state index contributed by atoms with van der Waals surface area (Å²) < 4.78 is 23.6. The fourth-order valence-corrected chi connectivity index (χ4v) is 6.00. The molecule has 39 heavy (non-hydrogen) atoms. The molecule has 1 amide bonds. The van der Waals surface area contributed by atoms with Crippen molar-refractivity contribution in [2.75, 3.05) is 21.2 Å².